The number of nitrogens with one attached hydrogen (secondary N) is 1. The highest BCUT2D eigenvalue weighted by Crippen LogP contribution is 1.86. The fourth-order valence-corrected chi connectivity index (χ4v) is 1.53. The molecule has 96 valence electrons. The van der Waals surface area contributed by atoms with Crippen molar-refractivity contribution < 1.29 is 0 Å². The van der Waals surface area contributed by atoms with Crippen LogP contribution in [0, 0.1) is 0 Å². The van der Waals surface area contributed by atoms with Gasteiger partial charge in [0.15, 0.2) is 0 Å². The van der Waals surface area contributed by atoms with E-state index in [1.165, 1.54) is 11.6 Å². The van der Waals surface area contributed by atoms with E-state index in [4.69, 9.17) is 0 Å². The van der Waals surface area contributed by atoms with Gasteiger partial charge in [0.1, 0.15) is 0 Å². The van der Waals surface area contributed by atoms with E-state index in [-0.39, 0.29) is 11.2 Å². The van der Waals surface area contributed by atoms with Gasteiger partial charge in [-0.2, -0.15) is 0 Å². The van der Waals surface area contributed by atoms with Crippen molar-refractivity contribution in [2.75, 3.05) is 27.2 Å². The van der Waals surface area contributed by atoms with Gasteiger partial charge in [-0.25, -0.2) is 4.79 Å². The zero-order valence-corrected chi connectivity index (χ0v) is 10.9. The maximum atomic E-state index is 11.8. The van der Waals surface area contributed by atoms with Crippen LogP contribution in [0.25, 0.3) is 0 Å². The summed E-state index contributed by atoms with van der Waals surface area (Å²) in [7, 11) is 7.12. The molecule has 0 bridgehead atoms. The van der Waals surface area contributed by atoms with Gasteiger partial charge in [-0.3, -0.25) is 9.36 Å². The van der Waals surface area contributed by atoms with Gasteiger partial charge < -0.3 is 14.8 Å². The van der Waals surface area contributed by atoms with Crippen LogP contribution in [0.1, 0.15) is 5.56 Å². The lowest BCUT2D eigenvalue weighted by molar-refractivity contribution is 0.399. The van der Waals surface area contributed by atoms with Crippen LogP contribution >= 0.6 is 0 Å². The predicted molar refractivity (Wildman–Crippen MR) is 67.2 cm³/mol. The van der Waals surface area contributed by atoms with E-state index in [1.54, 1.807) is 13.2 Å². The van der Waals surface area contributed by atoms with E-state index in [2.05, 4.69) is 10.2 Å². The Kier molecular flexibility index (Phi) is 4.65. The van der Waals surface area contributed by atoms with Gasteiger partial charge in [0, 0.05) is 45.5 Å². The molecule has 0 fully saturated rings. The number of nitrogens with zero attached hydrogens (tertiary/aromatic N) is 3. The van der Waals surface area contributed by atoms with Crippen LogP contribution in [-0.2, 0) is 20.6 Å². The Morgan fingerprint density at radius 1 is 1.29 bits per heavy atom. The van der Waals surface area contributed by atoms with Crippen LogP contribution in [0.5, 0.6) is 0 Å². The number of rotatable bonds is 5. The molecule has 0 aliphatic rings. The molecule has 1 rings (SSSR count). The summed E-state index contributed by atoms with van der Waals surface area (Å²) < 4.78 is 2.55. The van der Waals surface area contributed by atoms with Crippen LogP contribution in [-0.4, -0.2) is 41.2 Å². The molecule has 0 spiro atoms. The molecular formula is C11H20N4O2. The normalized spacial score (nSPS) is 11.1. The van der Waals surface area contributed by atoms with Crippen molar-refractivity contribution in [3.05, 3.63) is 32.6 Å². The van der Waals surface area contributed by atoms with Crippen molar-refractivity contribution in [2.24, 2.45) is 14.1 Å². The largest absolute Gasteiger partial charge is 0.330 e. The van der Waals surface area contributed by atoms with Gasteiger partial charge >= 0.3 is 5.69 Å². The first-order valence-corrected chi connectivity index (χ1v) is 5.54. The molecule has 1 N–H and O–H groups in total. The molecule has 0 saturated carbocycles. The van der Waals surface area contributed by atoms with Crippen molar-refractivity contribution >= 4 is 0 Å². The summed E-state index contributed by atoms with van der Waals surface area (Å²) in [5.74, 6) is 0. The molecule has 0 atom stereocenters. The molecule has 0 aliphatic heterocycles. The minimum absolute atomic E-state index is 0.231. The lowest BCUT2D eigenvalue weighted by Crippen LogP contribution is -2.40. The lowest BCUT2D eigenvalue weighted by Gasteiger charge is -2.11. The van der Waals surface area contributed by atoms with Gasteiger partial charge in [-0.1, -0.05) is 0 Å². The van der Waals surface area contributed by atoms with E-state index in [0.29, 0.717) is 12.1 Å². The quantitative estimate of drug-likeness (QED) is 0.652. The number of aromatic nitrogens is 2. The van der Waals surface area contributed by atoms with Crippen LogP contribution in [0.3, 0.4) is 0 Å². The van der Waals surface area contributed by atoms with Crippen LogP contribution in [0.15, 0.2) is 15.8 Å². The molecule has 0 aromatic carbocycles. The summed E-state index contributed by atoms with van der Waals surface area (Å²) in [4.78, 5) is 25.3. The predicted octanol–water partition coefficient (Wildman–Crippen LogP) is -1.26. The van der Waals surface area contributed by atoms with Crippen molar-refractivity contribution in [2.45, 2.75) is 6.54 Å². The summed E-state index contributed by atoms with van der Waals surface area (Å²) in [6.07, 6.45) is 1.59. The molecule has 0 amide bonds. The topological polar surface area (TPSA) is 59.3 Å². The van der Waals surface area contributed by atoms with Crippen LogP contribution < -0.4 is 16.6 Å². The summed E-state index contributed by atoms with van der Waals surface area (Å²) in [6, 6.07) is 0. The Hall–Kier alpha value is -1.40. The fourth-order valence-electron chi connectivity index (χ4n) is 1.53. The third-order valence-electron chi connectivity index (χ3n) is 2.57. The van der Waals surface area contributed by atoms with Crippen LogP contribution in [0.4, 0.5) is 0 Å². The Balaban J connectivity index is 2.73. The highest BCUT2D eigenvalue weighted by Gasteiger charge is 2.05. The average Bonchev–Trinajstić information content (AvgIpc) is 2.27. The minimum atomic E-state index is -0.299. The molecule has 0 unspecified atom stereocenters. The van der Waals surface area contributed by atoms with E-state index in [0.717, 1.165) is 17.7 Å². The molecule has 1 aromatic rings. The van der Waals surface area contributed by atoms with Crippen molar-refractivity contribution in [1.29, 1.82) is 0 Å². The van der Waals surface area contributed by atoms with E-state index >= 15 is 0 Å². The summed E-state index contributed by atoms with van der Waals surface area (Å²) in [5, 5.41) is 3.18. The Labute approximate surface area is 100 Å². The minimum Gasteiger partial charge on any atom is -0.311 e. The maximum Gasteiger partial charge on any atom is 0.330 e. The summed E-state index contributed by atoms with van der Waals surface area (Å²) in [5.41, 5.74) is 0.0749. The number of hydrogen-bond donors (Lipinski definition) is 1. The van der Waals surface area contributed by atoms with Gasteiger partial charge in [-0.05, 0) is 14.1 Å². The second kappa shape index (κ2) is 5.79. The van der Waals surface area contributed by atoms with E-state index in [9.17, 15) is 9.59 Å². The number of aryl methyl sites for hydroxylation is 1. The van der Waals surface area contributed by atoms with Crippen molar-refractivity contribution in [1.82, 2.24) is 19.4 Å². The first-order valence-electron chi connectivity index (χ1n) is 5.54. The fraction of sp³-hybridized carbons (Fsp3) is 0.636. The Morgan fingerprint density at radius 3 is 2.53 bits per heavy atom. The first-order chi connectivity index (χ1) is 7.93. The molecule has 6 heteroatoms. The van der Waals surface area contributed by atoms with Gasteiger partial charge in [0.05, 0.1) is 0 Å². The monoisotopic (exact) mass is 240 g/mol. The third-order valence-corrected chi connectivity index (χ3v) is 2.57. The molecule has 0 saturated heterocycles. The molecular weight excluding hydrogens is 220 g/mol. The molecule has 17 heavy (non-hydrogen) atoms. The lowest BCUT2D eigenvalue weighted by atomic mass is 10.3. The third kappa shape index (κ3) is 3.54. The highest BCUT2D eigenvalue weighted by atomic mass is 16.2. The zero-order valence-electron chi connectivity index (χ0n) is 10.9. The SMILES string of the molecule is CN(C)CCNCc1cn(C)c(=O)n(C)c1=O. The Morgan fingerprint density at radius 2 is 1.94 bits per heavy atom. The molecule has 1 aromatic heterocycles. The molecule has 0 aliphatic carbocycles. The second-order valence-electron chi connectivity index (χ2n) is 4.39. The van der Waals surface area contributed by atoms with Crippen LogP contribution in [0.2, 0.25) is 0 Å². The standard InChI is InChI=1S/C11H20N4O2/c1-13(2)6-5-12-7-9-8-14(3)11(17)15(4)10(9)16/h8,12H,5-7H2,1-4H3. The van der Waals surface area contributed by atoms with Gasteiger partial charge in [-0.15, -0.1) is 0 Å². The molecule has 6 nitrogen and oxygen atoms in total. The summed E-state index contributed by atoms with van der Waals surface area (Å²) in [6.45, 7) is 2.19. The molecule has 1 heterocycles. The second-order valence-corrected chi connectivity index (χ2v) is 4.39. The zero-order chi connectivity index (χ0) is 13.0. The first kappa shape index (κ1) is 13.7. The maximum absolute atomic E-state index is 11.8. The smallest absolute Gasteiger partial charge is 0.311 e. The van der Waals surface area contributed by atoms with Gasteiger partial charge in [0.2, 0.25) is 0 Å². The molecule has 0 radical (unpaired) electrons. The Bertz CT molecular complexity index is 487. The van der Waals surface area contributed by atoms with Crippen molar-refractivity contribution in [3.8, 4) is 0 Å². The summed E-state index contributed by atoms with van der Waals surface area (Å²) >= 11 is 0. The highest BCUT2D eigenvalue weighted by molar-refractivity contribution is 5.05. The average molecular weight is 240 g/mol. The van der Waals surface area contributed by atoms with Crippen molar-refractivity contribution in [3.63, 3.8) is 0 Å². The van der Waals surface area contributed by atoms with Gasteiger partial charge in [0.25, 0.3) is 5.56 Å². The van der Waals surface area contributed by atoms with E-state index < -0.39 is 0 Å². The number of hydrogen-bond acceptors (Lipinski definition) is 4. The van der Waals surface area contributed by atoms with E-state index in [1.807, 2.05) is 14.1 Å². The number of likely N-dealkylation sites (N-methyl/N-ethyl adjacent to an activating group) is 1.